The fraction of sp³-hybridized carbons (Fsp3) is 0.300. The van der Waals surface area contributed by atoms with Crippen LogP contribution in [0.4, 0.5) is 5.88 Å². The molecule has 2 heterocycles. The van der Waals surface area contributed by atoms with Gasteiger partial charge in [-0.2, -0.15) is 0 Å². The molecule has 0 aromatic carbocycles. The van der Waals surface area contributed by atoms with Crippen LogP contribution in [-0.2, 0) is 0 Å². The van der Waals surface area contributed by atoms with Crippen molar-refractivity contribution in [1.29, 1.82) is 0 Å². The third-order valence-electron chi connectivity index (χ3n) is 2.48. The van der Waals surface area contributed by atoms with Crippen LogP contribution in [0.3, 0.4) is 0 Å². The Hall–Kier alpha value is -1.43. The average Bonchev–Trinajstić information content (AvgIpc) is 3.03. The van der Waals surface area contributed by atoms with Crippen molar-refractivity contribution in [2.45, 2.75) is 18.8 Å². The third kappa shape index (κ3) is 1.69. The van der Waals surface area contributed by atoms with Crippen LogP contribution >= 0.6 is 15.9 Å². The summed E-state index contributed by atoms with van der Waals surface area (Å²) in [7, 11) is 0. The molecular formula is C10H9BrN4O. The largest absolute Gasteiger partial charge is 0.368 e. The normalized spacial score (nSPS) is 15.3. The lowest BCUT2D eigenvalue weighted by Gasteiger charge is -2.01. The minimum atomic E-state index is 0.286. The monoisotopic (exact) mass is 280 g/mol. The number of anilines is 1. The van der Waals surface area contributed by atoms with E-state index in [2.05, 4.69) is 31.1 Å². The molecule has 1 aliphatic rings. The Balaban J connectivity index is 2.07. The quantitative estimate of drug-likeness (QED) is 0.914. The highest BCUT2D eigenvalue weighted by atomic mass is 79.9. The van der Waals surface area contributed by atoms with Crippen LogP contribution in [0.5, 0.6) is 0 Å². The van der Waals surface area contributed by atoms with Crippen molar-refractivity contribution in [2.24, 2.45) is 0 Å². The van der Waals surface area contributed by atoms with E-state index in [1.54, 1.807) is 12.3 Å². The summed E-state index contributed by atoms with van der Waals surface area (Å²) in [5.41, 5.74) is 6.86. The Kier molecular flexibility index (Phi) is 2.17. The van der Waals surface area contributed by atoms with E-state index in [-0.39, 0.29) is 5.88 Å². The SMILES string of the molecule is Nc1cc(-c2nc(C3CC3)ncc2Br)no1. The molecule has 0 unspecified atom stereocenters. The maximum absolute atomic E-state index is 5.49. The van der Waals surface area contributed by atoms with E-state index in [0.29, 0.717) is 11.6 Å². The van der Waals surface area contributed by atoms with E-state index in [0.717, 1.165) is 16.0 Å². The lowest BCUT2D eigenvalue weighted by Crippen LogP contribution is -1.95. The minimum absolute atomic E-state index is 0.286. The number of nitrogens with zero attached hydrogens (tertiary/aromatic N) is 3. The van der Waals surface area contributed by atoms with Crippen LogP contribution in [0.1, 0.15) is 24.6 Å². The van der Waals surface area contributed by atoms with E-state index in [1.165, 1.54) is 12.8 Å². The Bertz CT molecular complexity index is 535. The summed E-state index contributed by atoms with van der Waals surface area (Å²) < 4.78 is 5.63. The Morgan fingerprint density at radius 1 is 1.44 bits per heavy atom. The zero-order valence-electron chi connectivity index (χ0n) is 8.35. The van der Waals surface area contributed by atoms with Crippen LogP contribution in [0.2, 0.25) is 0 Å². The molecule has 0 atom stereocenters. The van der Waals surface area contributed by atoms with E-state index < -0.39 is 0 Å². The predicted molar refractivity (Wildman–Crippen MR) is 61.6 cm³/mol. The molecule has 3 rings (SSSR count). The van der Waals surface area contributed by atoms with Crippen molar-refractivity contribution >= 4 is 21.8 Å². The molecule has 2 aromatic rings. The third-order valence-corrected chi connectivity index (χ3v) is 3.06. The first-order chi connectivity index (χ1) is 7.74. The second-order valence-corrected chi connectivity index (χ2v) is 4.67. The molecule has 0 spiro atoms. The zero-order chi connectivity index (χ0) is 11.1. The first-order valence-corrected chi connectivity index (χ1v) is 5.78. The maximum atomic E-state index is 5.49. The Labute approximate surface area is 100 Å². The number of nitrogens with two attached hydrogens (primary N) is 1. The van der Waals surface area contributed by atoms with Crippen molar-refractivity contribution in [1.82, 2.24) is 15.1 Å². The standard InChI is InChI=1S/C10H9BrN4O/c11-6-4-13-10(5-1-2-5)14-9(6)7-3-8(12)16-15-7/h3-5H,1-2,12H2. The van der Waals surface area contributed by atoms with Crippen molar-refractivity contribution in [3.8, 4) is 11.4 Å². The van der Waals surface area contributed by atoms with E-state index in [1.807, 2.05) is 0 Å². The fourth-order valence-corrected chi connectivity index (χ4v) is 1.89. The summed E-state index contributed by atoms with van der Waals surface area (Å²) >= 11 is 3.40. The summed E-state index contributed by atoms with van der Waals surface area (Å²) in [6.07, 6.45) is 4.09. The van der Waals surface area contributed by atoms with Gasteiger partial charge in [0.1, 0.15) is 17.2 Å². The van der Waals surface area contributed by atoms with Crippen molar-refractivity contribution in [2.75, 3.05) is 5.73 Å². The molecule has 0 amide bonds. The summed E-state index contributed by atoms with van der Waals surface area (Å²) in [4.78, 5) is 8.77. The molecule has 82 valence electrons. The zero-order valence-corrected chi connectivity index (χ0v) is 9.94. The van der Waals surface area contributed by atoms with Gasteiger partial charge < -0.3 is 10.3 Å². The molecule has 1 saturated carbocycles. The summed E-state index contributed by atoms with van der Waals surface area (Å²) in [6.45, 7) is 0. The number of hydrogen-bond acceptors (Lipinski definition) is 5. The van der Waals surface area contributed by atoms with E-state index in [9.17, 15) is 0 Å². The summed E-state index contributed by atoms with van der Waals surface area (Å²) in [5, 5.41) is 3.85. The molecule has 1 aliphatic carbocycles. The van der Waals surface area contributed by atoms with Crippen molar-refractivity contribution in [3.63, 3.8) is 0 Å². The van der Waals surface area contributed by atoms with Gasteiger partial charge in [0.2, 0.25) is 5.88 Å². The number of aromatic nitrogens is 3. The molecule has 5 nitrogen and oxygen atoms in total. The first kappa shape index (κ1) is 9.77. The van der Waals surface area contributed by atoms with Gasteiger partial charge in [-0.3, -0.25) is 0 Å². The van der Waals surface area contributed by atoms with Crippen LogP contribution in [0.15, 0.2) is 21.3 Å². The van der Waals surface area contributed by atoms with Crippen LogP contribution < -0.4 is 5.73 Å². The topological polar surface area (TPSA) is 77.8 Å². The first-order valence-electron chi connectivity index (χ1n) is 4.99. The molecule has 0 saturated heterocycles. The molecule has 0 radical (unpaired) electrons. The molecule has 1 fully saturated rings. The van der Waals surface area contributed by atoms with Crippen LogP contribution in [0.25, 0.3) is 11.4 Å². The minimum Gasteiger partial charge on any atom is -0.368 e. The smallest absolute Gasteiger partial charge is 0.222 e. The van der Waals surface area contributed by atoms with Gasteiger partial charge in [0.15, 0.2) is 0 Å². The van der Waals surface area contributed by atoms with Crippen molar-refractivity contribution < 1.29 is 4.52 Å². The molecule has 6 heteroatoms. The molecule has 0 aliphatic heterocycles. The van der Waals surface area contributed by atoms with Gasteiger partial charge in [0, 0.05) is 18.2 Å². The molecule has 2 N–H and O–H groups in total. The summed E-state index contributed by atoms with van der Waals surface area (Å²) in [6, 6.07) is 1.66. The molecule has 2 aromatic heterocycles. The average molecular weight is 281 g/mol. The fourth-order valence-electron chi connectivity index (χ4n) is 1.50. The van der Waals surface area contributed by atoms with Gasteiger partial charge in [-0.25, -0.2) is 9.97 Å². The Morgan fingerprint density at radius 2 is 2.25 bits per heavy atom. The maximum Gasteiger partial charge on any atom is 0.222 e. The number of rotatable bonds is 2. The molecular weight excluding hydrogens is 272 g/mol. The molecule has 0 bridgehead atoms. The lowest BCUT2D eigenvalue weighted by atomic mass is 10.3. The highest BCUT2D eigenvalue weighted by Gasteiger charge is 2.27. The second kappa shape index (κ2) is 3.55. The van der Waals surface area contributed by atoms with E-state index >= 15 is 0 Å². The predicted octanol–water partition coefficient (Wildman–Crippen LogP) is 2.35. The van der Waals surface area contributed by atoms with Gasteiger partial charge in [-0.15, -0.1) is 0 Å². The lowest BCUT2D eigenvalue weighted by molar-refractivity contribution is 0.439. The van der Waals surface area contributed by atoms with Crippen LogP contribution in [0, 0.1) is 0 Å². The van der Waals surface area contributed by atoms with Gasteiger partial charge in [0.25, 0.3) is 0 Å². The number of halogens is 1. The van der Waals surface area contributed by atoms with Crippen molar-refractivity contribution in [3.05, 3.63) is 22.6 Å². The highest BCUT2D eigenvalue weighted by Crippen LogP contribution is 2.39. The highest BCUT2D eigenvalue weighted by molar-refractivity contribution is 9.10. The van der Waals surface area contributed by atoms with E-state index in [4.69, 9.17) is 10.3 Å². The second-order valence-electron chi connectivity index (χ2n) is 3.81. The van der Waals surface area contributed by atoms with Gasteiger partial charge >= 0.3 is 0 Å². The van der Waals surface area contributed by atoms with Gasteiger partial charge in [0.05, 0.1) is 4.47 Å². The summed E-state index contributed by atoms with van der Waals surface area (Å²) in [5.74, 6) is 1.67. The van der Waals surface area contributed by atoms with Crippen LogP contribution in [-0.4, -0.2) is 15.1 Å². The Morgan fingerprint density at radius 3 is 2.88 bits per heavy atom. The number of nitrogen functional groups attached to an aromatic ring is 1. The van der Waals surface area contributed by atoms with Gasteiger partial charge in [-0.05, 0) is 28.8 Å². The number of hydrogen-bond donors (Lipinski definition) is 1. The molecule has 16 heavy (non-hydrogen) atoms. The van der Waals surface area contributed by atoms with Gasteiger partial charge in [-0.1, -0.05) is 5.16 Å².